The Labute approximate surface area is 149 Å². The van der Waals surface area contributed by atoms with Crippen LogP contribution in [0.25, 0.3) is 0 Å². The van der Waals surface area contributed by atoms with E-state index in [-0.39, 0.29) is 5.91 Å². The Kier molecular flexibility index (Phi) is 5.19. The first kappa shape index (κ1) is 17.6. The minimum absolute atomic E-state index is 0.0781. The lowest BCUT2D eigenvalue weighted by Crippen LogP contribution is -2.23. The smallest absolute Gasteiger partial charge is 0.251 e. The van der Waals surface area contributed by atoms with Crippen LogP contribution in [-0.4, -0.2) is 21.6 Å². The number of benzene rings is 1. The highest BCUT2D eigenvalue weighted by molar-refractivity contribution is 5.94. The number of nitrogens with one attached hydrogen (secondary N) is 1. The average Bonchev–Trinajstić information content (AvgIpc) is 3.05. The second-order valence-corrected chi connectivity index (χ2v) is 7.50. The van der Waals surface area contributed by atoms with Crippen LogP contribution in [0.3, 0.4) is 0 Å². The van der Waals surface area contributed by atoms with Crippen molar-refractivity contribution in [3.63, 3.8) is 0 Å². The van der Waals surface area contributed by atoms with Crippen LogP contribution in [-0.2, 0) is 25.8 Å². The Bertz CT molecular complexity index is 763. The number of hydrogen-bond donors (Lipinski definition) is 2. The summed E-state index contributed by atoms with van der Waals surface area (Å²) in [5.74, 6) is -0.0781. The zero-order chi connectivity index (χ0) is 17.9. The first-order chi connectivity index (χ1) is 11.9. The largest absolute Gasteiger partial charge is 0.390 e. The van der Waals surface area contributed by atoms with E-state index in [9.17, 15) is 9.90 Å². The molecule has 1 amide bonds. The van der Waals surface area contributed by atoms with Crippen LogP contribution in [0.5, 0.6) is 0 Å². The van der Waals surface area contributed by atoms with Crippen molar-refractivity contribution in [1.29, 1.82) is 0 Å². The highest BCUT2D eigenvalue weighted by atomic mass is 16.3. The van der Waals surface area contributed by atoms with Gasteiger partial charge in [0, 0.05) is 24.0 Å². The van der Waals surface area contributed by atoms with Gasteiger partial charge in [-0.25, -0.2) is 0 Å². The van der Waals surface area contributed by atoms with Crippen LogP contribution in [0.2, 0.25) is 0 Å². The number of nitrogens with zero attached hydrogens (tertiary/aromatic N) is 1. The van der Waals surface area contributed by atoms with Gasteiger partial charge in [-0.2, -0.15) is 0 Å². The highest BCUT2D eigenvalue weighted by Gasteiger charge is 2.14. The van der Waals surface area contributed by atoms with Gasteiger partial charge in [-0.3, -0.25) is 9.78 Å². The number of carbonyl (C=O) groups is 1. The molecule has 0 bridgehead atoms. The predicted octanol–water partition coefficient (Wildman–Crippen LogP) is 3.20. The van der Waals surface area contributed by atoms with Gasteiger partial charge in [-0.1, -0.05) is 18.2 Å². The van der Waals surface area contributed by atoms with Gasteiger partial charge in [-0.05, 0) is 74.8 Å². The van der Waals surface area contributed by atoms with E-state index >= 15 is 0 Å². The lowest BCUT2D eigenvalue weighted by molar-refractivity contribution is 0.0714. The Hall–Kier alpha value is -2.20. The van der Waals surface area contributed by atoms with Crippen molar-refractivity contribution < 1.29 is 9.90 Å². The molecular formula is C21H26N2O2. The number of hydrogen-bond acceptors (Lipinski definition) is 3. The number of amides is 1. The first-order valence-electron chi connectivity index (χ1n) is 8.97. The molecule has 3 rings (SSSR count). The number of pyridine rings is 1. The van der Waals surface area contributed by atoms with Gasteiger partial charge in [-0.15, -0.1) is 0 Å². The predicted molar refractivity (Wildman–Crippen MR) is 98.5 cm³/mol. The lowest BCUT2D eigenvalue weighted by atomic mass is 9.98. The summed E-state index contributed by atoms with van der Waals surface area (Å²) in [6, 6.07) is 9.78. The molecule has 1 aromatic heterocycles. The second kappa shape index (κ2) is 7.36. The minimum Gasteiger partial charge on any atom is -0.390 e. The third-order valence-electron chi connectivity index (χ3n) is 4.64. The number of aromatic nitrogens is 1. The molecule has 1 aliphatic carbocycles. The van der Waals surface area contributed by atoms with Crippen molar-refractivity contribution in [2.75, 3.05) is 0 Å². The van der Waals surface area contributed by atoms with E-state index in [0.717, 1.165) is 30.4 Å². The molecule has 1 aliphatic rings. The molecule has 2 aromatic rings. The van der Waals surface area contributed by atoms with Crippen molar-refractivity contribution in [3.8, 4) is 0 Å². The molecule has 0 atom stereocenters. The zero-order valence-electron chi connectivity index (χ0n) is 15.0. The van der Waals surface area contributed by atoms with E-state index in [1.165, 1.54) is 17.7 Å². The van der Waals surface area contributed by atoms with Crippen LogP contribution < -0.4 is 5.32 Å². The van der Waals surface area contributed by atoms with Gasteiger partial charge in [0.1, 0.15) is 0 Å². The van der Waals surface area contributed by atoms with Crippen molar-refractivity contribution in [2.45, 2.75) is 58.1 Å². The summed E-state index contributed by atoms with van der Waals surface area (Å²) in [4.78, 5) is 16.9. The first-order valence-corrected chi connectivity index (χ1v) is 8.97. The molecule has 1 aromatic carbocycles. The van der Waals surface area contributed by atoms with Crippen molar-refractivity contribution >= 4 is 5.91 Å². The van der Waals surface area contributed by atoms with Crippen molar-refractivity contribution in [2.24, 2.45) is 0 Å². The summed E-state index contributed by atoms with van der Waals surface area (Å²) in [5, 5.41) is 12.8. The lowest BCUT2D eigenvalue weighted by Gasteiger charge is -2.16. The molecule has 132 valence electrons. The van der Waals surface area contributed by atoms with Gasteiger partial charge in [0.05, 0.1) is 5.60 Å². The quantitative estimate of drug-likeness (QED) is 0.850. The molecule has 1 heterocycles. The number of aliphatic hydroxyl groups is 1. The van der Waals surface area contributed by atoms with Crippen LogP contribution >= 0.6 is 0 Å². The van der Waals surface area contributed by atoms with E-state index in [1.807, 2.05) is 30.5 Å². The van der Waals surface area contributed by atoms with Crippen LogP contribution in [0.15, 0.2) is 36.5 Å². The van der Waals surface area contributed by atoms with E-state index in [4.69, 9.17) is 0 Å². The summed E-state index contributed by atoms with van der Waals surface area (Å²) < 4.78 is 0. The van der Waals surface area contributed by atoms with Crippen molar-refractivity contribution in [1.82, 2.24) is 10.3 Å². The van der Waals surface area contributed by atoms with Gasteiger partial charge in [0.2, 0.25) is 0 Å². The summed E-state index contributed by atoms with van der Waals surface area (Å²) in [6.45, 7) is 4.09. The summed E-state index contributed by atoms with van der Waals surface area (Å²) in [5.41, 5.74) is 4.59. The average molecular weight is 338 g/mol. The number of fused-ring (bicyclic) bond motifs is 1. The molecule has 2 N–H and O–H groups in total. The summed E-state index contributed by atoms with van der Waals surface area (Å²) >= 11 is 0. The molecule has 0 aliphatic heterocycles. The Balaban J connectivity index is 1.59. The van der Waals surface area contributed by atoms with E-state index in [0.29, 0.717) is 18.5 Å². The number of rotatable bonds is 6. The maximum absolute atomic E-state index is 12.4. The Morgan fingerprint density at radius 1 is 1.24 bits per heavy atom. The maximum atomic E-state index is 12.4. The van der Waals surface area contributed by atoms with E-state index in [1.54, 1.807) is 13.8 Å². The van der Waals surface area contributed by atoms with Crippen LogP contribution in [0.1, 0.15) is 59.4 Å². The molecule has 4 heteroatoms. The van der Waals surface area contributed by atoms with E-state index < -0.39 is 5.60 Å². The number of carbonyl (C=O) groups excluding carboxylic acids is 1. The molecule has 25 heavy (non-hydrogen) atoms. The second-order valence-electron chi connectivity index (χ2n) is 7.50. The van der Waals surface area contributed by atoms with Crippen LogP contribution in [0, 0.1) is 0 Å². The molecule has 0 unspecified atom stereocenters. The molecule has 0 radical (unpaired) electrons. The monoisotopic (exact) mass is 338 g/mol. The van der Waals surface area contributed by atoms with Crippen LogP contribution in [0.4, 0.5) is 0 Å². The normalized spacial score (nSPS) is 13.6. The van der Waals surface area contributed by atoms with E-state index in [2.05, 4.69) is 16.4 Å². The van der Waals surface area contributed by atoms with Gasteiger partial charge in [0.25, 0.3) is 5.91 Å². The highest BCUT2D eigenvalue weighted by Crippen LogP contribution is 2.20. The molecule has 0 fully saturated rings. The fourth-order valence-corrected chi connectivity index (χ4v) is 3.18. The maximum Gasteiger partial charge on any atom is 0.251 e. The molecule has 0 spiro atoms. The summed E-state index contributed by atoms with van der Waals surface area (Å²) in [6.07, 6.45) is 6.62. The fourth-order valence-electron chi connectivity index (χ4n) is 3.18. The van der Waals surface area contributed by atoms with Crippen molar-refractivity contribution in [3.05, 3.63) is 64.5 Å². The van der Waals surface area contributed by atoms with Gasteiger partial charge >= 0.3 is 0 Å². The molecular weight excluding hydrogens is 312 g/mol. The molecule has 0 saturated carbocycles. The zero-order valence-corrected chi connectivity index (χ0v) is 15.0. The van der Waals surface area contributed by atoms with Gasteiger partial charge in [0.15, 0.2) is 0 Å². The third kappa shape index (κ3) is 4.89. The molecule has 0 saturated heterocycles. The van der Waals surface area contributed by atoms with Gasteiger partial charge < -0.3 is 10.4 Å². The Morgan fingerprint density at radius 3 is 2.88 bits per heavy atom. The fraction of sp³-hybridized carbons (Fsp3) is 0.429. The number of aryl methyl sites for hydroxylation is 3. The topological polar surface area (TPSA) is 62.2 Å². The standard InChI is InChI=1S/C21H26N2O2/c1-21(2,25)10-9-15-5-3-7-18(11-15)20(24)23-14-16-12-17-6-4-8-19(17)22-13-16/h3,5,7,11-13,25H,4,6,8-10,14H2,1-2H3,(H,23,24). The minimum atomic E-state index is -0.696. The summed E-state index contributed by atoms with van der Waals surface area (Å²) in [7, 11) is 0. The Morgan fingerprint density at radius 2 is 2.08 bits per heavy atom. The molecule has 4 nitrogen and oxygen atoms in total. The third-order valence-corrected chi connectivity index (χ3v) is 4.64. The SMILES string of the molecule is CC(C)(O)CCc1cccc(C(=O)NCc2cnc3c(c2)CCC3)c1.